The second-order valence-electron chi connectivity index (χ2n) is 6.78. The van der Waals surface area contributed by atoms with Crippen molar-refractivity contribution in [3.05, 3.63) is 63.0 Å². The maximum Gasteiger partial charge on any atom is 0.266 e. The predicted octanol–water partition coefficient (Wildman–Crippen LogP) is 5.11. The summed E-state index contributed by atoms with van der Waals surface area (Å²) in [7, 11) is 0. The van der Waals surface area contributed by atoms with Crippen molar-refractivity contribution in [2.45, 2.75) is 47.3 Å². The quantitative estimate of drug-likeness (QED) is 0.617. The van der Waals surface area contributed by atoms with Crippen LogP contribution in [0.2, 0.25) is 0 Å². The maximum absolute atomic E-state index is 12.6. The molecule has 0 spiro atoms. The smallest absolute Gasteiger partial charge is 0.266 e. The Kier molecular flexibility index (Phi) is 5.96. The van der Waals surface area contributed by atoms with Crippen LogP contribution in [-0.2, 0) is 13.2 Å². The average Bonchev–Trinajstić information content (AvgIpc) is 3.19. The van der Waals surface area contributed by atoms with Gasteiger partial charge in [0.25, 0.3) is 5.91 Å². The van der Waals surface area contributed by atoms with Crippen LogP contribution in [0.5, 0.6) is 5.75 Å². The zero-order valence-electron chi connectivity index (χ0n) is 16.2. The van der Waals surface area contributed by atoms with E-state index in [1.54, 1.807) is 0 Å². The lowest BCUT2D eigenvalue weighted by Gasteiger charge is -2.07. The van der Waals surface area contributed by atoms with Gasteiger partial charge in [-0.2, -0.15) is 5.10 Å². The molecular formula is C21H25N3O2S. The van der Waals surface area contributed by atoms with Crippen LogP contribution in [-0.4, -0.2) is 15.7 Å². The molecule has 3 rings (SSSR count). The lowest BCUT2D eigenvalue weighted by atomic mass is 10.1. The van der Waals surface area contributed by atoms with E-state index in [4.69, 9.17) is 4.74 Å². The molecule has 2 aromatic heterocycles. The molecule has 0 saturated heterocycles. The number of hydrogen-bond donors (Lipinski definition) is 1. The van der Waals surface area contributed by atoms with Gasteiger partial charge in [-0.15, -0.1) is 11.3 Å². The van der Waals surface area contributed by atoms with Crippen molar-refractivity contribution in [3.8, 4) is 5.75 Å². The largest absolute Gasteiger partial charge is 0.489 e. The first-order valence-electron chi connectivity index (χ1n) is 9.09. The van der Waals surface area contributed by atoms with E-state index in [0.717, 1.165) is 35.8 Å². The minimum Gasteiger partial charge on any atom is -0.489 e. The molecule has 3 aromatic rings. The summed E-state index contributed by atoms with van der Waals surface area (Å²) >= 11 is 1.42. The summed E-state index contributed by atoms with van der Waals surface area (Å²) in [5.74, 6) is 1.47. The van der Waals surface area contributed by atoms with Gasteiger partial charge in [-0.05, 0) is 61.9 Å². The molecule has 1 N–H and O–H groups in total. The number of hydrogen-bond acceptors (Lipinski definition) is 4. The minimum atomic E-state index is -0.116. The number of anilines is 1. The summed E-state index contributed by atoms with van der Waals surface area (Å²) in [6, 6.07) is 9.93. The van der Waals surface area contributed by atoms with Gasteiger partial charge in [-0.25, -0.2) is 4.68 Å². The minimum absolute atomic E-state index is 0.116. The zero-order chi connectivity index (χ0) is 19.4. The molecule has 1 amide bonds. The highest BCUT2D eigenvalue weighted by molar-refractivity contribution is 7.12. The Morgan fingerprint density at radius 2 is 1.89 bits per heavy atom. The molecule has 0 saturated carbocycles. The molecule has 0 unspecified atom stereocenters. The van der Waals surface area contributed by atoms with Gasteiger partial charge in [-0.3, -0.25) is 4.79 Å². The number of aryl methyl sites for hydroxylation is 4. The number of amides is 1. The van der Waals surface area contributed by atoms with Crippen molar-refractivity contribution >= 4 is 23.1 Å². The first-order chi connectivity index (χ1) is 12.9. The zero-order valence-corrected chi connectivity index (χ0v) is 17.0. The standard InChI is InChI=1S/C21H25N3O2S/c1-5-6-24-20(10-16(4)23-24)22-21(25)19-11-17(13-27-19)12-26-18-8-14(2)7-15(3)9-18/h7-11,13H,5-6,12H2,1-4H3,(H,22,25). The monoisotopic (exact) mass is 383 g/mol. The second kappa shape index (κ2) is 8.39. The van der Waals surface area contributed by atoms with Gasteiger partial charge >= 0.3 is 0 Å². The van der Waals surface area contributed by atoms with Crippen LogP contribution in [0.4, 0.5) is 5.82 Å². The van der Waals surface area contributed by atoms with Crippen molar-refractivity contribution in [2.75, 3.05) is 5.32 Å². The van der Waals surface area contributed by atoms with Crippen LogP contribution in [0.1, 0.15) is 45.4 Å². The first kappa shape index (κ1) is 19.2. The van der Waals surface area contributed by atoms with Crippen molar-refractivity contribution in [3.63, 3.8) is 0 Å². The summed E-state index contributed by atoms with van der Waals surface area (Å²) in [6.45, 7) is 9.34. The molecule has 5 nitrogen and oxygen atoms in total. The van der Waals surface area contributed by atoms with Gasteiger partial charge in [0.05, 0.1) is 10.6 Å². The van der Waals surface area contributed by atoms with E-state index in [1.807, 2.05) is 41.3 Å². The van der Waals surface area contributed by atoms with E-state index < -0.39 is 0 Å². The van der Waals surface area contributed by atoms with Crippen LogP contribution in [0.15, 0.2) is 35.7 Å². The Balaban J connectivity index is 1.64. The predicted molar refractivity (Wildman–Crippen MR) is 110 cm³/mol. The molecule has 2 heterocycles. The van der Waals surface area contributed by atoms with Crippen LogP contribution < -0.4 is 10.1 Å². The van der Waals surface area contributed by atoms with Crippen molar-refractivity contribution in [1.29, 1.82) is 0 Å². The summed E-state index contributed by atoms with van der Waals surface area (Å²) in [6.07, 6.45) is 0.961. The van der Waals surface area contributed by atoms with Crippen molar-refractivity contribution in [1.82, 2.24) is 9.78 Å². The Bertz CT molecular complexity index is 923. The number of thiophene rings is 1. The van der Waals surface area contributed by atoms with E-state index in [1.165, 1.54) is 22.5 Å². The Morgan fingerprint density at radius 3 is 2.59 bits per heavy atom. The van der Waals surface area contributed by atoms with Crippen LogP contribution >= 0.6 is 11.3 Å². The number of ether oxygens (including phenoxy) is 1. The molecule has 0 radical (unpaired) electrons. The summed E-state index contributed by atoms with van der Waals surface area (Å²) < 4.78 is 7.72. The van der Waals surface area contributed by atoms with E-state index in [0.29, 0.717) is 11.5 Å². The molecule has 0 fully saturated rings. The number of carbonyl (C=O) groups is 1. The topological polar surface area (TPSA) is 56.2 Å². The second-order valence-corrected chi connectivity index (χ2v) is 7.69. The Labute approximate surface area is 164 Å². The molecular weight excluding hydrogens is 358 g/mol. The number of aromatic nitrogens is 2. The summed E-state index contributed by atoms with van der Waals surface area (Å²) in [5, 5.41) is 9.34. The van der Waals surface area contributed by atoms with Gasteiger partial charge in [0, 0.05) is 18.2 Å². The molecule has 1 aromatic carbocycles. The Morgan fingerprint density at radius 1 is 1.15 bits per heavy atom. The first-order valence-corrected chi connectivity index (χ1v) is 9.97. The number of rotatable bonds is 7. The van der Waals surface area contributed by atoms with Crippen LogP contribution in [0, 0.1) is 20.8 Å². The SMILES string of the molecule is CCCn1nc(C)cc1NC(=O)c1cc(COc2cc(C)cc(C)c2)cs1. The third kappa shape index (κ3) is 4.98. The van der Waals surface area contributed by atoms with Gasteiger partial charge < -0.3 is 10.1 Å². The number of nitrogens with one attached hydrogen (secondary N) is 1. The van der Waals surface area contributed by atoms with Crippen LogP contribution in [0.3, 0.4) is 0 Å². The van der Waals surface area contributed by atoms with Crippen molar-refractivity contribution < 1.29 is 9.53 Å². The summed E-state index contributed by atoms with van der Waals surface area (Å²) in [5.41, 5.74) is 4.23. The average molecular weight is 384 g/mol. The molecule has 0 aliphatic heterocycles. The van der Waals surface area contributed by atoms with Crippen molar-refractivity contribution in [2.24, 2.45) is 0 Å². The number of benzene rings is 1. The molecule has 142 valence electrons. The lowest BCUT2D eigenvalue weighted by Crippen LogP contribution is -2.14. The molecule has 0 aliphatic rings. The molecule has 0 atom stereocenters. The highest BCUT2D eigenvalue weighted by Gasteiger charge is 2.13. The third-order valence-electron chi connectivity index (χ3n) is 4.06. The van der Waals surface area contributed by atoms with Gasteiger partial charge in [0.15, 0.2) is 0 Å². The van der Waals surface area contributed by atoms with Gasteiger partial charge in [0.2, 0.25) is 0 Å². The number of carbonyl (C=O) groups excluding carboxylic acids is 1. The fourth-order valence-corrected chi connectivity index (χ4v) is 3.75. The molecule has 6 heteroatoms. The van der Waals surface area contributed by atoms with Gasteiger partial charge in [0.1, 0.15) is 18.2 Å². The van der Waals surface area contributed by atoms with Crippen LogP contribution in [0.25, 0.3) is 0 Å². The molecule has 0 aliphatic carbocycles. The number of nitrogens with zero attached hydrogens (tertiary/aromatic N) is 2. The van der Waals surface area contributed by atoms with E-state index in [-0.39, 0.29) is 5.91 Å². The summed E-state index contributed by atoms with van der Waals surface area (Å²) in [4.78, 5) is 13.2. The fraction of sp³-hybridized carbons (Fsp3) is 0.333. The highest BCUT2D eigenvalue weighted by Crippen LogP contribution is 2.21. The molecule has 27 heavy (non-hydrogen) atoms. The van der Waals surface area contributed by atoms with Gasteiger partial charge in [-0.1, -0.05) is 13.0 Å². The third-order valence-corrected chi connectivity index (χ3v) is 5.04. The fourth-order valence-electron chi connectivity index (χ4n) is 2.96. The Hall–Kier alpha value is -2.60. The lowest BCUT2D eigenvalue weighted by molar-refractivity contribution is 0.102. The van der Waals surface area contributed by atoms with E-state index in [2.05, 4.69) is 37.3 Å². The highest BCUT2D eigenvalue weighted by atomic mass is 32.1. The normalized spacial score (nSPS) is 10.8. The maximum atomic E-state index is 12.6. The van der Waals surface area contributed by atoms with E-state index >= 15 is 0 Å². The molecule has 0 bridgehead atoms. The van der Waals surface area contributed by atoms with E-state index in [9.17, 15) is 4.79 Å².